The first-order chi connectivity index (χ1) is 9.39. The van der Waals surface area contributed by atoms with Crippen molar-refractivity contribution >= 4 is 11.9 Å². The van der Waals surface area contributed by atoms with E-state index in [1.807, 2.05) is 31.2 Å². The van der Waals surface area contributed by atoms with Crippen molar-refractivity contribution < 1.29 is 19.4 Å². The van der Waals surface area contributed by atoms with E-state index in [9.17, 15) is 9.59 Å². The lowest BCUT2D eigenvalue weighted by Gasteiger charge is -2.25. The van der Waals surface area contributed by atoms with Crippen LogP contribution < -0.4 is 5.32 Å². The lowest BCUT2D eigenvalue weighted by molar-refractivity contribution is -0.149. The van der Waals surface area contributed by atoms with Crippen LogP contribution in [0.5, 0.6) is 0 Å². The Hall–Kier alpha value is -1.88. The zero-order chi connectivity index (χ0) is 15.2. The van der Waals surface area contributed by atoms with Crippen LogP contribution in [-0.2, 0) is 20.7 Å². The Morgan fingerprint density at radius 2 is 2.00 bits per heavy atom. The molecule has 20 heavy (non-hydrogen) atoms. The lowest BCUT2D eigenvalue weighted by atomic mass is 10.0. The Kier molecular flexibility index (Phi) is 5.70. The van der Waals surface area contributed by atoms with E-state index in [0.29, 0.717) is 6.42 Å². The van der Waals surface area contributed by atoms with Gasteiger partial charge < -0.3 is 15.2 Å². The summed E-state index contributed by atoms with van der Waals surface area (Å²) in [6, 6.07) is 7.82. The highest BCUT2D eigenvalue weighted by atomic mass is 16.5. The number of nitrogens with one attached hydrogen (secondary N) is 1. The number of aryl methyl sites for hydroxylation is 2. The molecule has 2 N–H and O–H groups in total. The normalized spacial score (nSPS) is 13.6. The Balaban J connectivity index is 2.59. The van der Waals surface area contributed by atoms with Gasteiger partial charge in [-0.05, 0) is 31.4 Å². The first-order valence-electron chi connectivity index (χ1n) is 6.47. The second-order valence-electron chi connectivity index (χ2n) is 5.04. The highest BCUT2D eigenvalue weighted by Crippen LogP contribution is 2.11. The second kappa shape index (κ2) is 7.05. The molecule has 0 bridgehead atoms. The Morgan fingerprint density at radius 1 is 1.35 bits per heavy atom. The van der Waals surface area contributed by atoms with E-state index in [1.165, 1.54) is 14.0 Å². The van der Waals surface area contributed by atoms with Crippen molar-refractivity contribution in [3.8, 4) is 0 Å². The van der Waals surface area contributed by atoms with E-state index in [0.717, 1.165) is 11.1 Å². The van der Waals surface area contributed by atoms with Gasteiger partial charge in [-0.15, -0.1) is 0 Å². The topological polar surface area (TPSA) is 75.6 Å². The van der Waals surface area contributed by atoms with Gasteiger partial charge >= 0.3 is 5.97 Å². The summed E-state index contributed by atoms with van der Waals surface area (Å²) in [4.78, 5) is 23.1. The molecule has 0 saturated heterocycles. The third-order valence-corrected chi connectivity index (χ3v) is 3.20. The highest BCUT2D eigenvalue weighted by molar-refractivity contribution is 5.86. The van der Waals surface area contributed by atoms with Gasteiger partial charge in [0.05, 0.1) is 6.61 Å². The van der Waals surface area contributed by atoms with Crippen molar-refractivity contribution in [1.82, 2.24) is 5.32 Å². The zero-order valence-electron chi connectivity index (χ0n) is 12.1. The number of hydrogen-bond acceptors (Lipinski definition) is 3. The van der Waals surface area contributed by atoms with Gasteiger partial charge in [0.1, 0.15) is 0 Å². The van der Waals surface area contributed by atoms with Crippen molar-refractivity contribution in [2.45, 2.75) is 32.2 Å². The second-order valence-corrected chi connectivity index (χ2v) is 5.04. The van der Waals surface area contributed by atoms with Crippen LogP contribution >= 0.6 is 0 Å². The van der Waals surface area contributed by atoms with Crippen LogP contribution in [0.4, 0.5) is 0 Å². The molecule has 1 atom stereocenters. The van der Waals surface area contributed by atoms with Crippen molar-refractivity contribution in [3.63, 3.8) is 0 Å². The molecule has 0 aliphatic heterocycles. The molecule has 0 heterocycles. The van der Waals surface area contributed by atoms with Crippen LogP contribution in [-0.4, -0.2) is 36.2 Å². The number of amides is 1. The van der Waals surface area contributed by atoms with Gasteiger partial charge in [0, 0.05) is 13.5 Å². The number of rotatable bonds is 7. The zero-order valence-corrected chi connectivity index (χ0v) is 12.1. The fraction of sp³-hybridized carbons (Fsp3) is 0.467. The van der Waals surface area contributed by atoms with Crippen LogP contribution in [0.15, 0.2) is 24.3 Å². The first kappa shape index (κ1) is 16.2. The smallest absolute Gasteiger partial charge is 0.331 e. The predicted octanol–water partition coefficient (Wildman–Crippen LogP) is 1.53. The molecular formula is C15H21NO4. The van der Waals surface area contributed by atoms with Gasteiger partial charge in [-0.25, -0.2) is 4.79 Å². The molecule has 0 saturated carbocycles. The molecule has 1 aromatic rings. The molecule has 0 fully saturated rings. The highest BCUT2D eigenvalue weighted by Gasteiger charge is 2.34. The number of aliphatic carboxylic acids is 1. The van der Waals surface area contributed by atoms with Crippen LogP contribution in [0.2, 0.25) is 0 Å². The molecule has 1 rings (SSSR count). The molecule has 1 amide bonds. The quantitative estimate of drug-likeness (QED) is 0.793. The van der Waals surface area contributed by atoms with E-state index >= 15 is 0 Å². The van der Waals surface area contributed by atoms with Gasteiger partial charge in [0.15, 0.2) is 5.54 Å². The van der Waals surface area contributed by atoms with E-state index in [4.69, 9.17) is 9.84 Å². The van der Waals surface area contributed by atoms with E-state index < -0.39 is 11.5 Å². The average Bonchev–Trinajstić information content (AvgIpc) is 2.38. The molecule has 0 spiro atoms. The van der Waals surface area contributed by atoms with Crippen LogP contribution in [0, 0.1) is 6.92 Å². The third kappa shape index (κ3) is 4.35. The summed E-state index contributed by atoms with van der Waals surface area (Å²) in [6.45, 7) is 3.35. The summed E-state index contributed by atoms with van der Waals surface area (Å²) < 4.78 is 4.86. The van der Waals surface area contributed by atoms with Crippen LogP contribution in [0.1, 0.15) is 24.5 Å². The Labute approximate surface area is 118 Å². The van der Waals surface area contributed by atoms with E-state index in [-0.39, 0.29) is 18.9 Å². The van der Waals surface area contributed by atoms with Gasteiger partial charge in [0.2, 0.25) is 5.91 Å². The van der Waals surface area contributed by atoms with Crippen LogP contribution in [0.3, 0.4) is 0 Å². The SMILES string of the molecule is COCC(C)(NC(=O)CCc1ccccc1C)C(=O)O. The standard InChI is InChI=1S/C15H21NO4/c1-11-6-4-5-7-12(11)8-9-13(17)16-15(2,10-20-3)14(18)19/h4-7H,8-10H2,1-3H3,(H,16,17)(H,18,19). The molecular weight excluding hydrogens is 258 g/mol. The number of carboxylic acids is 1. The number of carboxylic acid groups (broad SMARTS) is 1. The molecule has 0 aliphatic carbocycles. The number of ether oxygens (including phenoxy) is 1. The van der Waals surface area contributed by atoms with E-state index in [1.54, 1.807) is 0 Å². The molecule has 1 unspecified atom stereocenters. The van der Waals surface area contributed by atoms with Gasteiger partial charge in [-0.2, -0.15) is 0 Å². The fourth-order valence-corrected chi connectivity index (χ4v) is 1.95. The molecule has 110 valence electrons. The monoisotopic (exact) mass is 279 g/mol. The molecule has 0 aliphatic rings. The summed E-state index contributed by atoms with van der Waals surface area (Å²) in [7, 11) is 1.40. The largest absolute Gasteiger partial charge is 0.479 e. The molecule has 1 aromatic carbocycles. The van der Waals surface area contributed by atoms with Gasteiger partial charge in [0.25, 0.3) is 0 Å². The van der Waals surface area contributed by atoms with Gasteiger partial charge in [-0.3, -0.25) is 4.79 Å². The van der Waals surface area contributed by atoms with Crippen molar-refractivity contribution in [2.75, 3.05) is 13.7 Å². The first-order valence-corrected chi connectivity index (χ1v) is 6.47. The number of benzene rings is 1. The minimum absolute atomic E-state index is 0.0710. The van der Waals surface area contributed by atoms with E-state index in [2.05, 4.69) is 5.32 Å². The number of carbonyl (C=O) groups is 2. The minimum atomic E-state index is -1.39. The Bertz CT molecular complexity index is 487. The number of carbonyl (C=O) groups excluding carboxylic acids is 1. The summed E-state index contributed by atoms with van der Waals surface area (Å²) in [5.74, 6) is -1.40. The van der Waals surface area contributed by atoms with Crippen molar-refractivity contribution in [3.05, 3.63) is 35.4 Å². The number of hydrogen-bond donors (Lipinski definition) is 2. The maximum absolute atomic E-state index is 11.9. The summed E-state index contributed by atoms with van der Waals surface area (Å²) in [5.41, 5.74) is 0.821. The van der Waals surface area contributed by atoms with Crippen LogP contribution in [0.25, 0.3) is 0 Å². The minimum Gasteiger partial charge on any atom is -0.479 e. The van der Waals surface area contributed by atoms with Crippen molar-refractivity contribution in [2.24, 2.45) is 0 Å². The average molecular weight is 279 g/mol. The Morgan fingerprint density at radius 3 is 2.55 bits per heavy atom. The van der Waals surface area contributed by atoms with Gasteiger partial charge in [-0.1, -0.05) is 24.3 Å². The summed E-state index contributed by atoms with van der Waals surface area (Å²) >= 11 is 0. The molecule has 5 heteroatoms. The summed E-state index contributed by atoms with van der Waals surface area (Å²) in [5, 5.41) is 11.7. The van der Waals surface area contributed by atoms with Crippen molar-refractivity contribution in [1.29, 1.82) is 0 Å². The maximum Gasteiger partial charge on any atom is 0.331 e. The molecule has 5 nitrogen and oxygen atoms in total. The number of methoxy groups -OCH3 is 1. The fourth-order valence-electron chi connectivity index (χ4n) is 1.95. The predicted molar refractivity (Wildman–Crippen MR) is 75.6 cm³/mol. The molecule has 0 aromatic heterocycles. The molecule has 0 radical (unpaired) electrons. The maximum atomic E-state index is 11.9. The summed E-state index contributed by atoms with van der Waals surface area (Å²) in [6.07, 6.45) is 0.832. The third-order valence-electron chi connectivity index (χ3n) is 3.20. The lowest BCUT2D eigenvalue weighted by Crippen LogP contribution is -2.55.